The number of hydrogen-bond acceptors (Lipinski definition) is 3. The van der Waals surface area contributed by atoms with Crippen molar-refractivity contribution < 1.29 is 5.11 Å². The zero-order chi connectivity index (χ0) is 7.56. The van der Waals surface area contributed by atoms with Gasteiger partial charge < -0.3 is 14.9 Å². The van der Waals surface area contributed by atoms with E-state index in [0.717, 1.165) is 0 Å². The van der Waals surface area contributed by atoms with Gasteiger partial charge in [0.05, 0.1) is 6.67 Å². The van der Waals surface area contributed by atoms with E-state index in [2.05, 4.69) is 6.58 Å². The summed E-state index contributed by atoms with van der Waals surface area (Å²) in [6.07, 6.45) is 5.02. The van der Waals surface area contributed by atoms with Gasteiger partial charge in [0.2, 0.25) is 0 Å². The minimum absolute atomic E-state index is 0. The van der Waals surface area contributed by atoms with E-state index >= 15 is 0 Å². The average molecular weight is 177 g/mol. The highest BCUT2D eigenvalue weighted by Crippen LogP contribution is 2.08. The number of nitrogens with zero attached hydrogens (tertiary/aromatic N) is 2. The predicted molar refractivity (Wildman–Crippen MR) is 46.8 cm³/mol. The maximum Gasteiger partial charge on any atom is 0.125 e. The molecule has 64 valence electrons. The Balaban J connectivity index is 0.000001000. The summed E-state index contributed by atoms with van der Waals surface area (Å²) < 4.78 is 0. The summed E-state index contributed by atoms with van der Waals surface area (Å²) in [4.78, 5) is 3.70. The van der Waals surface area contributed by atoms with Gasteiger partial charge in [-0.3, -0.25) is 0 Å². The highest BCUT2D eigenvalue weighted by atomic mass is 35.5. The quantitative estimate of drug-likeness (QED) is 0.679. The minimum atomic E-state index is -0.416. The smallest absolute Gasteiger partial charge is 0.125 e. The van der Waals surface area contributed by atoms with Gasteiger partial charge in [0.25, 0.3) is 0 Å². The van der Waals surface area contributed by atoms with Crippen molar-refractivity contribution >= 4 is 12.4 Å². The lowest BCUT2D eigenvalue weighted by Crippen LogP contribution is -2.29. The molecule has 1 N–H and O–H groups in total. The predicted octanol–water partition coefficient (Wildman–Crippen LogP) is 0.936. The Kier molecular flexibility index (Phi) is 4.00. The van der Waals surface area contributed by atoms with Crippen molar-refractivity contribution in [3.63, 3.8) is 0 Å². The second kappa shape index (κ2) is 4.26. The normalized spacial score (nSPS) is 18.0. The van der Waals surface area contributed by atoms with Crippen LogP contribution in [0.2, 0.25) is 0 Å². The molecule has 0 saturated heterocycles. The molecule has 0 radical (unpaired) electrons. The molecular formula is C7H13ClN2O. The maximum absolute atomic E-state index is 9.08. The van der Waals surface area contributed by atoms with Gasteiger partial charge in [0.15, 0.2) is 0 Å². The van der Waals surface area contributed by atoms with Gasteiger partial charge in [0, 0.05) is 12.4 Å². The number of halogens is 1. The van der Waals surface area contributed by atoms with Crippen LogP contribution in [0.4, 0.5) is 0 Å². The van der Waals surface area contributed by atoms with Crippen LogP contribution >= 0.6 is 12.4 Å². The van der Waals surface area contributed by atoms with Crippen LogP contribution in [0.25, 0.3) is 0 Å². The van der Waals surface area contributed by atoms with Gasteiger partial charge in [-0.2, -0.15) is 0 Å². The Morgan fingerprint density at radius 2 is 2.27 bits per heavy atom. The first kappa shape index (κ1) is 10.3. The number of rotatable bonds is 2. The fourth-order valence-electron chi connectivity index (χ4n) is 0.815. The van der Waals surface area contributed by atoms with Crippen molar-refractivity contribution in [1.82, 2.24) is 9.80 Å². The Morgan fingerprint density at radius 3 is 2.55 bits per heavy atom. The van der Waals surface area contributed by atoms with Crippen molar-refractivity contribution in [2.24, 2.45) is 0 Å². The number of aliphatic hydroxyl groups is 1. The van der Waals surface area contributed by atoms with E-state index in [-0.39, 0.29) is 12.4 Å². The van der Waals surface area contributed by atoms with Crippen LogP contribution < -0.4 is 0 Å². The van der Waals surface area contributed by atoms with Crippen molar-refractivity contribution in [3.05, 3.63) is 25.2 Å². The topological polar surface area (TPSA) is 26.7 Å². The molecule has 1 rings (SSSR count). The molecule has 1 heterocycles. The molecule has 11 heavy (non-hydrogen) atoms. The number of aliphatic hydroxyl groups excluding tert-OH is 1. The van der Waals surface area contributed by atoms with E-state index in [1.807, 2.05) is 22.2 Å². The van der Waals surface area contributed by atoms with Crippen molar-refractivity contribution in [1.29, 1.82) is 0 Å². The summed E-state index contributed by atoms with van der Waals surface area (Å²) in [5.41, 5.74) is 0. The third kappa shape index (κ3) is 2.44. The van der Waals surface area contributed by atoms with Gasteiger partial charge >= 0.3 is 0 Å². The van der Waals surface area contributed by atoms with Crippen LogP contribution in [0.15, 0.2) is 25.2 Å². The molecule has 0 aliphatic carbocycles. The molecule has 3 nitrogen and oxygen atoms in total. The van der Waals surface area contributed by atoms with E-state index in [0.29, 0.717) is 6.67 Å². The van der Waals surface area contributed by atoms with Gasteiger partial charge in [0.1, 0.15) is 6.23 Å². The molecule has 1 unspecified atom stereocenters. The van der Waals surface area contributed by atoms with Crippen LogP contribution in [0.1, 0.15) is 6.92 Å². The molecule has 1 aliphatic rings. The van der Waals surface area contributed by atoms with E-state index in [4.69, 9.17) is 5.11 Å². The van der Waals surface area contributed by atoms with Gasteiger partial charge in [-0.25, -0.2) is 0 Å². The Morgan fingerprint density at radius 1 is 1.64 bits per heavy atom. The number of hydrogen-bond donors (Lipinski definition) is 1. The molecular weight excluding hydrogens is 164 g/mol. The van der Waals surface area contributed by atoms with Crippen LogP contribution in [-0.2, 0) is 0 Å². The molecule has 0 bridgehead atoms. The third-order valence-electron chi connectivity index (χ3n) is 1.49. The largest absolute Gasteiger partial charge is 0.374 e. The molecule has 0 fully saturated rings. The van der Waals surface area contributed by atoms with Gasteiger partial charge in [-0.15, -0.1) is 12.4 Å². The maximum atomic E-state index is 9.08. The summed E-state index contributed by atoms with van der Waals surface area (Å²) in [5.74, 6) is 0. The van der Waals surface area contributed by atoms with E-state index in [1.54, 1.807) is 13.1 Å². The lowest BCUT2D eigenvalue weighted by Gasteiger charge is -2.20. The zero-order valence-corrected chi connectivity index (χ0v) is 7.29. The Labute approximate surface area is 73.0 Å². The summed E-state index contributed by atoms with van der Waals surface area (Å²) >= 11 is 0. The van der Waals surface area contributed by atoms with Crippen LogP contribution in [0.3, 0.4) is 0 Å². The molecule has 1 atom stereocenters. The van der Waals surface area contributed by atoms with Crippen LogP contribution in [-0.4, -0.2) is 27.8 Å². The molecule has 0 aromatic heterocycles. The summed E-state index contributed by atoms with van der Waals surface area (Å²) in [6.45, 7) is 6.03. The lowest BCUT2D eigenvalue weighted by atomic mass is 10.6. The SMILES string of the molecule is C=CN1C=CN(C(C)O)C1.Cl. The Hall–Kier alpha value is -0.670. The highest BCUT2D eigenvalue weighted by Gasteiger charge is 2.12. The zero-order valence-electron chi connectivity index (χ0n) is 6.47. The molecule has 0 amide bonds. The molecule has 1 aliphatic heterocycles. The Bertz CT molecular complexity index is 159. The first-order chi connectivity index (χ1) is 4.74. The molecule has 4 heteroatoms. The van der Waals surface area contributed by atoms with Gasteiger partial charge in [-0.1, -0.05) is 6.58 Å². The summed E-state index contributed by atoms with van der Waals surface area (Å²) in [6, 6.07) is 0. The average Bonchev–Trinajstić information content (AvgIpc) is 2.34. The lowest BCUT2D eigenvalue weighted by molar-refractivity contribution is 0.0469. The second-order valence-electron chi connectivity index (χ2n) is 2.28. The molecule has 0 aromatic rings. The molecule has 0 aromatic carbocycles. The standard InChI is InChI=1S/C7H12N2O.ClH/c1-3-8-4-5-9(6-8)7(2)10;/h3-5,7,10H,1,6H2,2H3;1H. The van der Waals surface area contributed by atoms with E-state index < -0.39 is 6.23 Å². The van der Waals surface area contributed by atoms with E-state index in [1.165, 1.54) is 0 Å². The summed E-state index contributed by atoms with van der Waals surface area (Å²) in [7, 11) is 0. The third-order valence-corrected chi connectivity index (χ3v) is 1.49. The van der Waals surface area contributed by atoms with Crippen molar-refractivity contribution in [2.75, 3.05) is 6.67 Å². The minimum Gasteiger partial charge on any atom is -0.374 e. The first-order valence-corrected chi connectivity index (χ1v) is 3.24. The van der Waals surface area contributed by atoms with Crippen LogP contribution in [0.5, 0.6) is 0 Å². The van der Waals surface area contributed by atoms with Crippen LogP contribution in [0, 0.1) is 0 Å². The molecule has 0 spiro atoms. The highest BCUT2D eigenvalue weighted by molar-refractivity contribution is 5.85. The summed E-state index contributed by atoms with van der Waals surface area (Å²) in [5, 5.41) is 9.08. The molecule has 0 saturated carbocycles. The fourth-order valence-corrected chi connectivity index (χ4v) is 0.815. The first-order valence-electron chi connectivity index (χ1n) is 3.24. The van der Waals surface area contributed by atoms with Crippen molar-refractivity contribution in [3.8, 4) is 0 Å². The second-order valence-corrected chi connectivity index (χ2v) is 2.28. The van der Waals surface area contributed by atoms with Gasteiger partial charge in [-0.05, 0) is 13.1 Å². The van der Waals surface area contributed by atoms with Crippen molar-refractivity contribution in [2.45, 2.75) is 13.2 Å². The monoisotopic (exact) mass is 176 g/mol. The van der Waals surface area contributed by atoms with E-state index in [9.17, 15) is 0 Å². The fraction of sp³-hybridized carbons (Fsp3) is 0.429.